The van der Waals surface area contributed by atoms with Crippen LogP contribution in [0.25, 0.3) is 0 Å². The third-order valence-corrected chi connectivity index (χ3v) is 4.77. The van der Waals surface area contributed by atoms with Crippen molar-refractivity contribution in [3.63, 3.8) is 0 Å². The number of carbonyl (C=O) groups excluding carboxylic acids is 1. The number of hydrogen-bond acceptors (Lipinski definition) is 3. The fourth-order valence-electron chi connectivity index (χ4n) is 3.57. The van der Waals surface area contributed by atoms with E-state index in [1.807, 2.05) is 11.8 Å². The van der Waals surface area contributed by atoms with Crippen LogP contribution in [0.4, 0.5) is 4.79 Å². The summed E-state index contributed by atoms with van der Waals surface area (Å²) in [6, 6.07) is -0.0846. The molecule has 0 aromatic rings. The van der Waals surface area contributed by atoms with Crippen molar-refractivity contribution in [3.05, 3.63) is 0 Å². The molecular weight excluding hydrogens is 270 g/mol. The minimum absolute atomic E-state index is 0.0846. The van der Waals surface area contributed by atoms with E-state index in [2.05, 4.69) is 11.9 Å². The molecule has 1 N–H and O–H groups in total. The Balaban J connectivity index is 2.14. The van der Waals surface area contributed by atoms with E-state index in [0.29, 0.717) is 25.9 Å². The highest BCUT2D eigenvalue weighted by Crippen LogP contribution is 2.35. The second kappa shape index (κ2) is 6.64. The first kappa shape index (κ1) is 16.1. The molecular formula is C15H27N3O3. The maximum absolute atomic E-state index is 12.8. The van der Waals surface area contributed by atoms with Gasteiger partial charge < -0.3 is 19.8 Å². The van der Waals surface area contributed by atoms with Gasteiger partial charge in [0.05, 0.1) is 0 Å². The molecule has 0 aliphatic carbocycles. The number of rotatable bonds is 3. The Morgan fingerprint density at radius 2 is 1.86 bits per heavy atom. The van der Waals surface area contributed by atoms with E-state index in [9.17, 15) is 14.7 Å². The summed E-state index contributed by atoms with van der Waals surface area (Å²) in [7, 11) is 2.06. The van der Waals surface area contributed by atoms with Gasteiger partial charge in [0.25, 0.3) is 0 Å². The molecule has 0 radical (unpaired) electrons. The smallest absolute Gasteiger partial charge is 0.329 e. The van der Waals surface area contributed by atoms with Gasteiger partial charge in [0.2, 0.25) is 0 Å². The van der Waals surface area contributed by atoms with E-state index in [4.69, 9.17) is 0 Å². The zero-order valence-corrected chi connectivity index (χ0v) is 13.2. The van der Waals surface area contributed by atoms with Crippen LogP contribution >= 0.6 is 0 Å². The van der Waals surface area contributed by atoms with Crippen LogP contribution in [-0.2, 0) is 4.79 Å². The van der Waals surface area contributed by atoms with Crippen LogP contribution in [-0.4, -0.2) is 77.1 Å². The Labute approximate surface area is 126 Å². The van der Waals surface area contributed by atoms with Gasteiger partial charge in [-0.1, -0.05) is 13.3 Å². The van der Waals surface area contributed by atoms with Gasteiger partial charge in [-0.05, 0) is 39.3 Å². The van der Waals surface area contributed by atoms with Gasteiger partial charge in [-0.15, -0.1) is 0 Å². The fourth-order valence-corrected chi connectivity index (χ4v) is 3.57. The monoisotopic (exact) mass is 297 g/mol. The topological polar surface area (TPSA) is 64.1 Å². The number of nitrogens with zero attached hydrogens (tertiary/aromatic N) is 3. The Hall–Kier alpha value is -1.30. The minimum atomic E-state index is -0.982. The van der Waals surface area contributed by atoms with Crippen molar-refractivity contribution in [2.45, 2.75) is 44.6 Å². The van der Waals surface area contributed by atoms with E-state index in [1.54, 1.807) is 4.90 Å². The lowest BCUT2D eigenvalue weighted by atomic mass is 9.91. The first-order valence-corrected chi connectivity index (χ1v) is 8.00. The lowest BCUT2D eigenvalue weighted by molar-refractivity contribution is -0.148. The summed E-state index contributed by atoms with van der Waals surface area (Å²) in [5, 5.41) is 9.69. The van der Waals surface area contributed by atoms with Crippen molar-refractivity contribution in [2.24, 2.45) is 0 Å². The fraction of sp³-hybridized carbons (Fsp3) is 0.867. The van der Waals surface area contributed by atoms with Gasteiger partial charge in [-0.3, -0.25) is 0 Å². The molecule has 0 spiro atoms. The summed E-state index contributed by atoms with van der Waals surface area (Å²) in [6.45, 7) is 5.80. The summed E-state index contributed by atoms with van der Waals surface area (Å²) in [5.41, 5.74) is -0.982. The van der Waals surface area contributed by atoms with Crippen molar-refractivity contribution in [1.29, 1.82) is 0 Å². The van der Waals surface area contributed by atoms with E-state index >= 15 is 0 Å². The normalized spacial score (nSPS) is 27.7. The Kier molecular flexibility index (Phi) is 5.08. The second-order valence-corrected chi connectivity index (χ2v) is 6.27. The zero-order chi connectivity index (χ0) is 15.5. The summed E-state index contributed by atoms with van der Waals surface area (Å²) in [4.78, 5) is 30.3. The molecule has 2 amide bonds. The van der Waals surface area contributed by atoms with Crippen LogP contribution in [0, 0.1) is 0 Å². The molecule has 1 unspecified atom stereocenters. The third kappa shape index (κ3) is 3.15. The van der Waals surface area contributed by atoms with Crippen LogP contribution in [0.1, 0.15) is 39.0 Å². The largest absolute Gasteiger partial charge is 0.479 e. The number of carboxylic acid groups (broad SMARTS) is 1. The summed E-state index contributed by atoms with van der Waals surface area (Å²) in [6.07, 6.45) is 3.63. The van der Waals surface area contributed by atoms with Crippen molar-refractivity contribution in [3.8, 4) is 0 Å². The summed E-state index contributed by atoms with van der Waals surface area (Å²) >= 11 is 0. The predicted molar refractivity (Wildman–Crippen MR) is 80.3 cm³/mol. The number of aliphatic carboxylic acids is 1. The Morgan fingerprint density at radius 1 is 1.10 bits per heavy atom. The SMILES string of the molecule is CCCC1(C(=O)O)CCCN1C(=O)N1CCCN(C)CC1. The maximum Gasteiger partial charge on any atom is 0.329 e. The van der Waals surface area contributed by atoms with Crippen LogP contribution in [0.3, 0.4) is 0 Å². The molecule has 6 nitrogen and oxygen atoms in total. The molecule has 0 aromatic heterocycles. The van der Waals surface area contributed by atoms with E-state index in [-0.39, 0.29) is 6.03 Å². The molecule has 2 fully saturated rings. The Bertz CT molecular complexity index is 402. The minimum Gasteiger partial charge on any atom is -0.479 e. The number of carboxylic acids is 1. The second-order valence-electron chi connectivity index (χ2n) is 6.27. The van der Waals surface area contributed by atoms with Crippen molar-refractivity contribution >= 4 is 12.0 Å². The number of likely N-dealkylation sites (tertiary alicyclic amines) is 1. The van der Waals surface area contributed by atoms with Gasteiger partial charge in [-0.25, -0.2) is 9.59 Å². The molecule has 2 heterocycles. The highest BCUT2D eigenvalue weighted by atomic mass is 16.4. The average molecular weight is 297 g/mol. The molecule has 2 aliphatic heterocycles. The molecule has 120 valence electrons. The zero-order valence-electron chi connectivity index (χ0n) is 13.2. The lowest BCUT2D eigenvalue weighted by Crippen LogP contribution is -2.57. The molecule has 21 heavy (non-hydrogen) atoms. The van der Waals surface area contributed by atoms with Crippen LogP contribution in [0.5, 0.6) is 0 Å². The third-order valence-electron chi connectivity index (χ3n) is 4.77. The predicted octanol–water partition coefficient (Wildman–Crippen LogP) is 1.46. The maximum atomic E-state index is 12.8. The standard InChI is InChI=1S/C15H27N3O3/c1-3-6-15(13(19)20)7-4-10-18(15)14(21)17-9-5-8-16(2)11-12-17/h3-12H2,1-2H3,(H,19,20). The van der Waals surface area contributed by atoms with E-state index in [1.165, 1.54) is 0 Å². The molecule has 0 bridgehead atoms. The number of hydrogen-bond donors (Lipinski definition) is 1. The van der Waals surface area contributed by atoms with Crippen LogP contribution < -0.4 is 0 Å². The highest BCUT2D eigenvalue weighted by molar-refractivity contribution is 5.87. The van der Waals surface area contributed by atoms with Crippen molar-refractivity contribution < 1.29 is 14.7 Å². The highest BCUT2D eigenvalue weighted by Gasteiger charge is 2.50. The first-order valence-electron chi connectivity index (χ1n) is 8.00. The van der Waals surface area contributed by atoms with Gasteiger partial charge in [0.1, 0.15) is 5.54 Å². The Morgan fingerprint density at radius 3 is 2.52 bits per heavy atom. The molecule has 6 heteroatoms. The van der Waals surface area contributed by atoms with Gasteiger partial charge in [-0.2, -0.15) is 0 Å². The molecule has 0 saturated carbocycles. The molecule has 1 atom stereocenters. The summed E-state index contributed by atoms with van der Waals surface area (Å²) < 4.78 is 0. The van der Waals surface area contributed by atoms with E-state index < -0.39 is 11.5 Å². The number of urea groups is 1. The van der Waals surface area contributed by atoms with E-state index in [0.717, 1.165) is 38.9 Å². The number of amides is 2. The van der Waals surface area contributed by atoms with Crippen LogP contribution in [0.2, 0.25) is 0 Å². The van der Waals surface area contributed by atoms with Crippen molar-refractivity contribution in [1.82, 2.24) is 14.7 Å². The summed E-state index contributed by atoms with van der Waals surface area (Å²) in [5.74, 6) is -0.845. The average Bonchev–Trinajstić information content (AvgIpc) is 2.75. The molecule has 2 saturated heterocycles. The lowest BCUT2D eigenvalue weighted by Gasteiger charge is -2.37. The molecule has 0 aromatic carbocycles. The van der Waals surface area contributed by atoms with Gasteiger partial charge >= 0.3 is 12.0 Å². The molecule has 2 aliphatic rings. The van der Waals surface area contributed by atoms with Crippen LogP contribution in [0.15, 0.2) is 0 Å². The number of likely N-dealkylation sites (N-methyl/N-ethyl adjacent to an activating group) is 1. The van der Waals surface area contributed by atoms with Crippen molar-refractivity contribution in [2.75, 3.05) is 39.8 Å². The molecule has 2 rings (SSSR count). The quantitative estimate of drug-likeness (QED) is 0.856. The number of carbonyl (C=O) groups is 2. The van der Waals surface area contributed by atoms with Gasteiger partial charge in [0.15, 0.2) is 0 Å². The first-order chi connectivity index (χ1) is 10.0. The van der Waals surface area contributed by atoms with Gasteiger partial charge in [0, 0.05) is 26.2 Å².